The van der Waals surface area contributed by atoms with Gasteiger partial charge in [-0.15, -0.1) is 0 Å². The van der Waals surface area contributed by atoms with Crippen LogP contribution >= 0.6 is 0 Å². The number of nitrogens with one attached hydrogen (secondary N) is 1. The molecular formula is C26H30N4O3S. The molecule has 1 atom stereocenters. The van der Waals surface area contributed by atoms with E-state index in [9.17, 15) is 8.42 Å². The summed E-state index contributed by atoms with van der Waals surface area (Å²) < 4.78 is 37.2. The van der Waals surface area contributed by atoms with Crippen molar-refractivity contribution >= 4 is 15.7 Å². The molecule has 1 aliphatic carbocycles. The molecule has 3 aromatic rings. The summed E-state index contributed by atoms with van der Waals surface area (Å²) in [4.78, 5) is 6.55. The molecule has 4 rings (SSSR count). The molecule has 34 heavy (non-hydrogen) atoms. The van der Waals surface area contributed by atoms with Crippen LogP contribution in [-0.2, 0) is 15.4 Å². The van der Waals surface area contributed by atoms with Gasteiger partial charge in [0.25, 0.3) is 10.0 Å². The van der Waals surface area contributed by atoms with Crippen molar-refractivity contribution in [2.75, 3.05) is 25.9 Å². The molecule has 2 aromatic carbocycles. The molecule has 8 heteroatoms. The van der Waals surface area contributed by atoms with Crippen molar-refractivity contribution < 1.29 is 13.2 Å². The van der Waals surface area contributed by atoms with Crippen molar-refractivity contribution in [2.24, 2.45) is 0 Å². The topological polar surface area (TPSA) is 76.5 Å². The van der Waals surface area contributed by atoms with Gasteiger partial charge in [-0.3, -0.25) is 4.72 Å². The van der Waals surface area contributed by atoms with Gasteiger partial charge >= 0.3 is 0 Å². The lowest BCUT2D eigenvalue weighted by Gasteiger charge is -2.32. The number of methoxy groups -OCH3 is 1. The maximum Gasteiger partial charge on any atom is 0.262 e. The molecule has 0 spiro atoms. The van der Waals surface area contributed by atoms with E-state index in [0.29, 0.717) is 17.9 Å². The number of rotatable bonds is 7. The summed E-state index contributed by atoms with van der Waals surface area (Å²) in [6.45, 7) is 3.97. The lowest BCUT2D eigenvalue weighted by atomic mass is 9.77. The highest BCUT2D eigenvalue weighted by Gasteiger charge is 2.31. The van der Waals surface area contributed by atoms with Gasteiger partial charge in [-0.2, -0.15) is 0 Å². The molecular weight excluding hydrogens is 448 g/mol. The molecule has 1 aromatic heterocycles. The van der Waals surface area contributed by atoms with Gasteiger partial charge in [0.05, 0.1) is 35.4 Å². The van der Waals surface area contributed by atoms with Gasteiger partial charge in [-0.05, 0) is 43.2 Å². The number of likely N-dealkylation sites (N-methyl/N-ethyl adjacent to an activating group) is 1. The Hall–Kier alpha value is -3.52. The van der Waals surface area contributed by atoms with E-state index >= 15 is 0 Å². The van der Waals surface area contributed by atoms with E-state index in [1.807, 2.05) is 61.0 Å². The number of anilines is 1. The average Bonchev–Trinajstić information content (AvgIpc) is 3.25. The summed E-state index contributed by atoms with van der Waals surface area (Å²) in [5, 5.41) is 0. The molecule has 0 fully saturated rings. The van der Waals surface area contributed by atoms with E-state index in [2.05, 4.69) is 28.8 Å². The Labute approximate surface area is 201 Å². The normalized spacial score (nSPS) is 17.9. The van der Waals surface area contributed by atoms with E-state index in [0.717, 1.165) is 22.6 Å². The van der Waals surface area contributed by atoms with Gasteiger partial charge in [0.1, 0.15) is 5.75 Å². The third-order valence-corrected chi connectivity index (χ3v) is 7.53. The molecule has 0 amide bonds. The highest BCUT2D eigenvalue weighted by molar-refractivity contribution is 7.92. The zero-order valence-electron chi connectivity index (χ0n) is 20.1. The Bertz CT molecular complexity index is 1370. The third kappa shape index (κ3) is 4.59. The van der Waals surface area contributed by atoms with E-state index in [4.69, 9.17) is 4.74 Å². The van der Waals surface area contributed by atoms with E-state index in [-0.39, 0.29) is 4.90 Å². The molecule has 1 heterocycles. The van der Waals surface area contributed by atoms with Gasteiger partial charge < -0.3 is 14.2 Å². The van der Waals surface area contributed by atoms with Crippen LogP contribution in [0.25, 0.3) is 5.69 Å². The van der Waals surface area contributed by atoms with Crippen LogP contribution in [0.1, 0.15) is 24.6 Å². The van der Waals surface area contributed by atoms with Crippen LogP contribution in [0.5, 0.6) is 5.75 Å². The fraction of sp³-hybridized carbons (Fsp3) is 0.269. The number of aromatic nitrogens is 2. The summed E-state index contributed by atoms with van der Waals surface area (Å²) in [5.74, 6) is 0.536. The van der Waals surface area contributed by atoms with Crippen molar-refractivity contribution in [3.05, 3.63) is 90.2 Å². The smallest absolute Gasteiger partial charge is 0.262 e. The lowest BCUT2D eigenvalue weighted by Crippen LogP contribution is -2.26. The summed E-state index contributed by atoms with van der Waals surface area (Å²) in [6.07, 6.45) is 10.5. The Balaban J connectivity index is 1.66. The Kier molecular flexibility index (Phi) is 6.27. The first-order valence-corrected chi connectivity index (χ1v) is 12.5. The molecule has 178 valence electrons. The molecule has 0 saturated heterocycles. The molecule has 1 unspecified atom stereocenters. The van der Waals surface area contributed by atoms with Gasteiger partial charge in [0.15, 0.2) is 0 Å². The number of nitrogens with zero attached hydrogens (tertiary/aromatic N) is 3. The van der Waals surface area contributed by atoms with Crippen LogP contribution in [0.4, 0.5) is 5.69 Å². The van der Waals surface area contributed by atoms with Gasteiger partial charge in [0, 0.05) is 37.5 Å². The summed E-state index contributed by atoms with van der Waals surface area (Å²) in [6, 6.07) is 12.4. The zero-order chi connectivity index (χ0) is 24.5. The number of allylic oxidation sites excluding steroid dienone is 3. The van der Waals surface area contributed by atoms with Crippen molar-refractivity contribution in [2.45, 2.75) is 30.6 Å². The minimum Gasteiger partial charge on any atom is -0.494 e. The fourth-order valence-electron chi connectivity index (χ4n) is 4.14. The second-order valence-electron chi connectivity index (χ2n) is 8.89. The molecule has 0 aliphatic heterocycles. The number of imidazole rings is 1. The summed E-state index contributed by atoms with van der Waals surface area (Å²) in [5.41, 5.74) is 3.50. The number of sulfonamides is 1. The number of hydrogen-bond donors (Lipinski definition) is 1. The van der Waals surface area contributed by atoms with Crippen LogP contribution in [0.3, 0.4) is 0 Å². The first-order chi connectivity index (χ1) is 16.1. The second-order valence-corrected chi connectivity index (χ2v) is 10.5. The highest BCUT2D eigenvalue weighted by Crippen LogP contribution is 2.38. The largest absolute Gasteiger partial charge is 0.494 e. The van der Waals surface area contributed by atoms with Gasteiger partial charge in [-0.25, -0.2) is 13.4 Å². The van der Waals surface area contributed by atoms with Crippen LogP contribution < -0.4 is 9.46 Å². The zero-order valence-corrected chi connectivity index (χ0v) is 20.9. The van der Waals surface area contributed by atoms with Crippen LogP contribution in [0, 0.1) is 6.92 Å². The average molecular weight is 479 g/mol. The SMILES string of the molecule is COc1cc(NS(=O)(=O)c2ccccc2C2(C)C=CC(N(C)C)=CC2)ccc1-n1cnc(C)c1. The highest BCUT2D eigenvalue weighted by atomic mass is 32.2. The number of ether oxygens (including phenoxy) is 1. The maximum atomic E-state index is 13.5. The third-order valence-electron chi connectivity index (χ3n) is 6.09. The number of hydrogen-bond acceptors (Lipinski definition) is 5. The first kappa shape index (κ1) is 23.6. The van der Waals surface area contributed by atoms with E-state index in [1.54, 1.807) is 37.7 Å². The van der Waals surface area contributed by atoms with Crippen molar-refractivity contribution in [3.63, 3.8) is 0 Å². The summed E-state index contributed by atoms with van der Waals surface area (Å²) in [7, 11) is 1.70. The summed E-state index contributed by atoms with van der Waals surface area (Å²) >= 11 is 0. The molecule has 0 bridgehead atoms. The minimum atomic E-state index is -3.85. The molecule has 7 nitrogen and oxygen atoms in total. The second kappa shape index (κ2) is 9.02. The molecule has 1 N–H and O–H groups in total. The predicted octanol–water partition coefficient (Wildman–Crippen LogP) is 4.65. The van der Waals surface area contributed by atoms with E-state index < -0.39 is 15.4 Å². The number of aryl methyl sites for hydroxylation is 1. The van der Waals surface area contributed by atoms with Crippen molar-refractivity contribution in [1.82, 2.24) is 14.5 Å². The van der Waals surface area contributed by atoms with Crippen LogP contribution in [-0.4, -0.2) is 44.1 Å². The predicted molar refractivity (Wildman–Crippen MR) is 135 cm³/mol. The Morgan fingerprint density at radius 1 is 1.18 bits per heavy atom. The Morgan fingerprint density at radius 3 is 2.56 bits per heavy atom. The van der Waals surface area contributed by atoms with Crippen molar-refractivity contribution in [3.8, 4) is 11.4 Å². The van der Waals surface area contributed by atoms with Gasteiger partial charge in [-0.1, -0.05) is 37.3 Å². The van der Waals surface area contributed by atoms with E-state index in [1.165, 1.54) is 0 Å². The molecule has 0 radical (unpaired) electrons. The Morgan fingerprint density at radius 2 is 1.94 bits per heavy atom. The lowest BCUT2D eigenvalue weighted by molar-refractivity contribution is 0.413. The number of benzene rings is 2. The van der Waals surface area contributed by atoms with Crippen LogP contribution in [0.15, 0.2) is 83.8 Å². The monoisotopic (exact) mass is 478 g/mol. The molecule has 1 aliphatic rings. The first-order valence-electron chi connectivity index (χ1n) is 11.0. The minimum absolute atomic E-state index is 0.261. The quantitative estimate of drug-likeness (QED) is 0.535. The molecule has 0 saturated carbocycles. The van der Waals surface area contributed by atoms with Crippen molar-refractivity contribution in [1.29, 1.82) is 0 Å². The maximum absolute atomic E-state index is 13.5. The van der Waals surface area contributed by atoms with Gasteiger partial charge in [0.2, 0.25) is 0 Å². The van der Waals surface area contributed by atoms with Crippen LogP contribution in [0.2, 0.25) is 0 Å². The fourth-order valence-corrected chi connectivity index (χ4v) is 5.54. The standard InChI is InChI=1S/C26H30N4O3S/c1-19-17-30(18-27-19)23-11-10-20(16-24(23)33-5)28-34(31,32)25-9-7-6-8-22(25)26(2)14-12-21(13-15-26)29(3)4/h6-14,16-18,28H,15H2,1-5H3.